The maximum atomic E-state index is 11.8. The lowest BCUT2D eigenvalue weighted by Gasteiger charge is -2.19. The predicted octanol–water partition coefficient (Wildman–Crippen LogP) is 3.12. The summed E-state index contributed by atoms with van der Waals surface area (Å²) in [5.74, 6) is 0.748. The van der Waals surface area contributed by atoms with Crippen molar-refractivity contribution in [1.29, 1.82) is 0 Å². The van der Waals surface area contributed by atoms with Crippen LogP contribution in [0.15, 0.2) is 29.3 Å². The van der Waals surface area contributed by atoms with E-state index in [2.05, 4.69) is 27.9 Å². The van der Waals surface area contributed by atoms with Crippen LogP contribution >= 0.6 is 11.6 Å². The van der Waals surface area contributed by atoms with Crippen LogP contribution in [0.4, 0.5) is 0 Å². The van der Waals surface area contributed by atoms with Gasteiger partial charge in [0, 0.05) is 23.5 Å². The van der Waals surface area contributed by atoms with Crippen molar-refractivity contribution in [2.24, 2.45) is 10.4 Å². The molecular formula is C18H29ClN4O. The molecule has 0 aliphatic carbocycles. The van der Waals surface area contributed by atoms with Crippen molar-refractivity contribution >= 4 is 23.5 Å². The van der Waals surface area contributed by atoms with Crippen molar-refractivity contribution in [2.45, 2.75) is 40.7 Å². The molecule has 24 heavy (non-hydrogen) atoms. The molecule has 0 saturated carbocycles. The molecule has 0 radical (unpaired) electrons. The number of guanidine groups is 1. The van der Waals surface area contributed by atoms with Gasteiger partial charge in [-0.05, 0) is 31.5 Å². The highest BCUT2D eigenvalue weighted by atomic mass is 35.5. The Morgan fingerprint density at radius 3 is 2.58 bits per heavy atom. The normalized spacial score (nSPS) is 13.3. The number of amides is 1. The van der Waals surface area contributed by atoms with E-state index in [0.29, 0.717) is 18.1 Å². The quantitative estimate of drug-likeness (QED) is 0.418. The molecule has 134 valence electrons. The molecule has 1 unspecified atom stereocenters. The second-order valence-corrected chi connectivity index (χ2v) is 7.12. The Labute approximate surface area is 150 Å². The van der Waals surface area contributed by atoms with Crippen LogP contribution in [0, 0.1) is 5.41 Å². The Bertz CT molecular complexity index is 566. The molecule has 5 nitrogen and oxygen atoms in total. The number of carbonyl (C=O) groups excluding carboxylic acids is 1. The van der Waals surface area contributed by atoms with Crippen LogP contribution < -0.4 is 16.0 Å². The Morgan fingerprint density at radius 2 is 2.00 bits per heavy atom. The number of rotatable bonds is 6. The van der Waals surface area contributed by atoms with E-state index in [4.69, 9.17) is 11.6 Å². The summed E-state index contributed by atoms with van der Waals surface area (Å²) in [6.07, 6.45) is 0. The first-order chi connectivity index (χ1) is 11.2. The number of nitrogens with zero attached hydrogens (tertiary/aromatic N) is 1. The number of hydrogen-bond donors (Lipinski definition) is 3. The summed E-state index contributed by atoms with van der Waals surface area (Å²) >= 11 is 6.04. The van der Waals surface area contributed by atoms with Crippen LogP contribution in [0.25, 0.3) is 0 Å². The van der Waals surface area contributed by atoms with Gasteiger partial charge in [-0.1, -0.05) is 44.5 Å². The van der Waals surface area contributed by atoms with E-state index < -0.39 is 0 Å². The summed E-state index contributed by atoms with van der Waals surface area (Å²) in [5, 5.41) is 10.2. The molecule has 1 amide bonds. The number of nitrogens with one attached hydrogen (secondary N) is 3. The molecule has 3 N–H and O–H groups in total. The second kappa shape index (κ2) is 9.52. The average molecular weight is 353 g/mol. The van der Waals surface area contributed by atoms with Gasteiger partial charge in [0.2, 0.25) is 5.91 Å². The molecule has 0 bridgehead atoms. The molecule has 0 heterocycles. The van der Waals surface area contributed by atoms with Crippen molar-refractivity contribution in [3.63, 3.8) is 0 Å². The van der Waals surface area contributed by atoms with Gasteiger partial charge < -0.3 is 16.0 Å². The van der Waals surface area contributed by atoms with E-state index in [1.165, 1.54) is 0 Å². The van der Waals surface area contributed by atoms with Crippen LogP contribution in [0.1, 0.15) is 46.2 Å². The van der Waals surface area contributed by atoms with E-state index in [0.717, 1.165) is 18.1 Å². The molecule has 0 aliphatic heterocycles. The minimum Gasteiger partial charge on any atom is -0.357 e. The first-order valence-electron chi connectivity index (χ1n) is 8.32. The maximum absolute atomic E-state index is 11.8. The fourth-order valence-electron chi connectivity index (χ4n) is 1.99. The predicted molar refractivity (Wildman–Crippen MR) is 101 cm³/mol. The lowest BCUT2D eigenvalue weighted by atomic mass is 9.96. The first-order valence-corrected chi connectivity index (χ1v) is 8.70. The van der Waals surface area contributed by atoms with Gasteiger partial charge in [-0.25, -0.2) is 0 Å². The van der Waals surface area contributed by atoms with Gasteiger partial charge in [0.25, 0.3) is 0 Å². The Balaban J connectivity index is 2.58. The van der Waals surface area contributed by atoms with Crippen LogP contribution in [-0.2, 0) is 4.79 Å². The van der Waals surface area contributed by atoms with E-state index >= 15 is 0 Å². The number of benzene rings is 1. The fraction of sp³-hybridized carbons (Fsp3) is 0.556. The van der Waals surface area contributed by atoms with E-state index in [9.17, 15) is 4.79 Å². The molecule has 1 rings (SSSR count). The largest absolute Gasteiger partial charge is 0.357 e. The second-order valence-electron chi connectivity index (χ2n) is 6.69. The average Bonchev–Trinajstić information content (AvgIpc) is 2.50. The van der Waals surface area contributed by atoms with Crippen LogP contribution in [0.5, 0.6) is 0 Å². The van der Waals surface area contributed by atoms with Gasteiger partial charge in [0.1, 0.15) is 0 Å². The summed E-state index contributed by atoms with van der Waals surface area (Å²) in [6.45, 7) is 11.5. The summed E-state index contributed by atoms with van der Waals surface area (Å²) in [4.78, 5) is 16.3. The highest BCUT2D eigenvalue weighted by molar-refractivity contribution is 6.30. The fourth-order valence-corrected chi connectivity index (χ4v) is 2.19. The van der Waals surface area contributed by atoms with Gasteiger partial charge in [0.15, 0.2) is 5.96 Å². The minimum atomic E-state index is -0.381. The molecule has 6 heteroatoms. The molecule has 1 aromatic carbocycles. The summed E-state index contributed by atoms with van der Waals surface area (Å²) < 4.78 is 0. The Kier molecular flexibility index (Phi) is 8.05. The molecule has 0 fully saturated rings. The van der Waals surface area contributed by atoms with Gasteiger partial charge in [-0.15, -0.1) is 0 Å². The highest BCUT2D eigenvalue weighted by Crippen LogP contribution is 2.17. The van der Waals surface area contributed by atoms with E-state index in [1.807, 2.05) is 52.0 Å². The van der Waals surface area contributed by atoms with Crippen molar-refractivity contribution in [3.8, 4) is 0 Å². The van der Waals surface area contributed by atoms with Crippen molar-refractivity contribution < 1.29 is 4.79 Å². The van der Waals surface area contributed by atoms with Gasteiger partial charge in [0.05, 0.1) is 12.6 Å². The molecule has 0 aromatic heterocycles. The zero-order valence-corrected chi connectivity index (χ0v) is 16.0. The highest BCUT2D eigenvalue weighted by Gasteiger charge is 2.20. The first kappa shape index (κ1) is 20.3. The van der Waals surface area contributed by atoms with Gasteiger partial charge in [-0.3, -0.25) is 9.79 Å². The molecule has 1 aromatic rings. The lowest BCUT2D eigenvalue weighted by Crippen LogP contribution is -2.40. The number of carbonyl (C=O) groups is 1. The Morgan fingerprint density at radius 1 is 1.29 bits per heavy atom. The van der Waals surface area contributed by atoms with Gasteiger partial charge in [-0.2, -0.15) is 0 Å². The Hall–Kier alpha value is -1.75. The van der Waals surface area contributed by atoms with Crippen molar-refractivity contribution in [2.75, 3.05) is 19.6 Å². The zero-order chi connectivity index (χ0) is 18.2. The SMILES string of the molecule is CCNC(=NCCNC(=O)C(C)(C)C)NC(C)c1cccc(Cl)c1. The smallest absolute Gasteiger partial charge is 0.225 e. The molecular weight excluding hydrogens is 324 g/mol. The summed E-state index contributed by atoms with van der Waals surface area (Å²) in [5.41, 5.74) is 0.710. The third kappa shape index (κ3) is 7.21. The number of halogens is 1. The maximum Gasteiger partial charge on any atom is 0.225 e. The number of hydrogen-bond acceptors (Lipinski definition) is 2. The summed E-state index contributed by atoms with van der Waals surface area (Å²) in [6, 6.07) is 7.82. The summed E-state index contributed by atoms with van der Waals surface area (Å²) in [7, 11) is 0. The van der Waals surface area contributed by atoms with Crippen molar-refractivity contribution in [3.05, 3.63) is 34.9 Å². The lowest BCUT2D eigenvalue weighted by molar-refractivity contribution is -0.128. The number of aliphatic imine (C=N–C) groups is 1. The third-order valence-corrected chi connectivity index (χ3v) is 3.63. The van der Waals surface area contributed by atoms with Crippen LogP contribution in [-0.4, -0.2) is 31.5 Å². The van der Waals surface area contributed by atoms with Gasteiger partial charge >= 0.3 is 0 Å². The van der Waals surface area contributed by atoms with Crippen molar-refractivity contribution in [1.82, 2.24) is 16.0 Å². The molecule has 0 aliphatic rings. The van der Waals surface area contributed by atoms with E-state index in [-0.39, 0.29) is 17.4 Å². The topological polar surface area (TPSA) is 65.5 Å². The monoisotopic (exact) mass is 352 g/mol. The van der Waals surface area contributed by atoms with E-state index in [1.54, 1.807) is 0 Å². The zero-order valence-electron chi connectivity index (χ0n) is 15.2. The molecule has 0 saturated heterocycles. The minimum absolute atomic E-state index is 0.0305. The van der Waals surface area contributed by atoms with Crippen LogP contribution in [0.2, 0.25) is 5.02 Å². The molecule has 1 atom stereocenters. The standard InChI is InChI=1S/C18H29ClN4O/c1-6-20-17(22-11-10-21-16(24)18(3,4)5)23-13(2)14-8-7-9-15(19)12-14/h7-9,12-13H,6,10-11H2,1-5H3,(H,21,24)(H2,20,22,23). The van der Waals surface area contributed by atoms with Crippen LogP contribution in [0.3, 0.4) is 0 Å². The molecule has 0 spiro atoms. The third-order valence-electron chi connectivity index (χ3n) is 3.39.